The highest BCUT2D eigenvalue weighted by Crippen LogP contribution is 2.39. The second-order valence-corrected chi connectivity index (χ2v) is 7.84. The van der Waals surface area contributed by atoms with E-state index in [1.165, 1.54) is 54.4 Å². The summed E-state index contributed by atoms with van der Waals surface area (Å²) >= 11 is 0. The number of phenols is 1. The fourth-order valence-electron chi connectivity index (χ4n) is 4.44. The van der Waals surface area contributed by atoms with Crippen molar-refractivity contribution >= 4 is 0 Å². The SMILES string of the molecule is Oc1cc(Cc2ccccc2)cc(C2CCCCC2)c1Cc1ccccc1. The van der Waals surface area contributed by atoms with Crippen LogP contribution >= 0.6 is 0 Å². The van der Waals surface area contributed by atoms with E-state index >= 15 is 0 Å². The van der Waals surface area contributed by atoms with Crippen LogP contribution in [0, 0.1) is 0 Å². The summed E-state index contributed by atoms with van der Waals surface area (Å²) in [6.07, 6.45) is 8.13. The van der Waals surface area contributed by atoms with E-state index in [1.807, 2.05) is 12.1 Å². The summed E-state index contributed by atoms with van der Waals surface area (Å²) in [5, 5.41) is 10.9. The molecule has 1 aliphatic carbocycles. The van der Waals surface area contributed by atoms with Gasteiger partial charge in [-0.1, -0.05) is 86.0 Å². The van der Waals surface area contributed by atoms with Gasteiger partial charge in [-0.3, -0.25) is 0 Å². The molecule has 1 aliphatic rings. The quantitative estimate of drug-likeness (QED) is 0.544. The van der Waals surface area contributed by atoms with Gasteiger partial charge in [0.25, 0.3) is 0 Å². The van der Waals surface area contributed by atoms with E-state index in [0.29, 0.717) is 11.7 Å². The topological polar surface area (TPSA) is 20.2 Å². The van der Waals surface area contributed by atoms with Crippen LogP contribution in [-0.4, -0.2) is 5.11 Å². The molecule has 1 saturated carbocycles. The number of aromatic hydroxyl groups is 1. The van der Waals surface area contributed by atoms with Gasteiger partial charge in [0.2, 0.25) is 0 Å². The van der Waals surface area contributed by atoms with Crippen molar-refractivity contribution in [2.24, 2.45) is 0 Å². The van der Waals surface area contributed by atoms with Gasteiger partial charge in [0.05, 0.1) is 0 Å². The Balaban J connectivity index is 1.70. The van der Waals surface area contributed by atoms with Crippen LogP contribution in [0.1, 0.15) is 65.8 Å². The highest BCUT2D eigenvalue weighted by Gasteiger charge is 2.21. The van der Waals surface area contributed by atoms with Crippen LogP contribution in [-0.2, 0) is 12.8 Å². The first-order valence-electron chi connectivity index (χ1n) is 10.2. The number of hydrogen-bond donors (Lipinski definition) is 1. The zero-order valence-electron chi connectivity index (χ0n) is 15.9. The molecule has 0 saturated heterocycles. The fraction of sp³-hybridized carbons (Fsp3) is 0.308. The Hall–Kier alpha value is -2.54. The molecule has 1 nitrogen and oxygen atoms in total. The Bertz CT molecular complexity index is 861. The molecule has 27 heavy (non-hydrogen) atoms. The molecule has 0 bridgehead atoms. The van der Waals surface area contributed by atoms with Gasteiger partial charge < -0.3 is 5.11 Å². The van der Waals surface area contributed by atoms with Crippen LogP contribution in [0.2, 0.25) is 0 Å². The van der Waals surface area contributed by atoms with E-state index in [1.54, 1.807) is 0 Å². The summed E-state index contributed by atoms with van der Waals surface area (Å²) in [6.45, 7) is 0. The molecule has 0 amide bonds. The van der Waals surface area contributed by atoms with Gasteiger partial charge in [0.1, 0.15) is 5.75 Å². The summed E-state index contributed by atoms with van der Waals surface area (Å²) in [6, 6.07) is 25.4. The van der Waals surface area contributed by atoms with Gasteiger partial charge in [-0.25, -0.2) is 0 Å². The van der Waals surface area contributed by atoms with Crippen LogP contribution in [0.3, 0.4) is 0 Å². The lowest BCUT2D eigenvalue weighted by Crippen LogP contribution is -2.09. The average Bonchev–Trinajstić information content (AvgIpc) is 2.72. The maximum Gasteiger partial charge on any atom is 0.119 e. The number of phenolic OH excluding ortho intramolecular Hbond substituents is 1. The van der Waals surface area contributed by atoms with Crippen LogP contribution in [0.4, 0.5) is 0 Å². The smallest absolute Gasteiger partial charge is 0.119 e. The number of rotatable bonds is 5. The van der Waals surface area contributed by atoms with E-state index < -0.39 is 0 Å². The zero-order chi connectivity index (χ0) is 18.5. The molecule has 138 valence electrons. The summed E-state index contributed by atoms with van der Waals surface area (Å²) in [4.78, 5) is 0. The van der Waals surface area contributed by atoms with Gasteiger partial charge in [0, 0.05) is 12.0 Å². The molecule has 4 rings (SSSR count). The fourth-order valence-corrected chi connectivity index (χ4v) is 4.44. The molecule has 0 atom stereocenters. The third kappa shape index (κ3) is 4.42. The van der Waals surface area contributed by atoms with Crippen molar-refractivity contribution in [3.63, 3.8) is 0 Å². The maximum absolute atomic E-state index is 10.9. The van der Waals surface area contributed by atoms with Gasteiger partial charge in [-0.05, 0) is 53.5 Å². The van der Waals surface area contributed by atoms with Crippen molar-refractivity contribution in [3.05, 3.63) is 101 Å². The third-order valence-corrected chi connectivity index (χ3v) is 5.84. The second-order valence-electron chi connectivity index (χ2n) is 7.84. The Morgan fingerprint density at radius 2 is 1.26 bits per heavy atom. The van der Waals surface area contributed by atoms with Gasteiger partial charge in [-0.2, -0.15) is 0 Å². The van der Waals surface area contributed by atoms with Gasteiger partial charge >= 0.3 is 0 Å². The van der Waals surface area contributed by atoms with E-state index in [-0.39, 0.29) is 0 Å². The molecule has 1 N–H and O–H groups in total. The molecule has 3 aromatic carbocycles. The molecular formula is C26H28O. The molecule has 1 fully saturated rings. The lowest BCUT2D eigenvalue weighted by Gasteiger charge is -2.26. The predicted molar refractivity (Wildman–Crippen MR) is 112 cm³/mol. The maximum atomic E-state index is 10.9. The normalized spacial score (nSPS) is 15.0. The first-order valence-corrected chi connectivity index (χ1v) is 10.2. The molecule has 0 radical (unpaired) electrons. The number of hydrogen-bond acceptors (Lipinski definition) is 1. The molecule has 0 heterocycles. The number of benzene rings is 3. The molecule has 1 heteroatoms. The molecular weight excluding hydrogens is 328 g/mol. The lowest BCUT2D eigenvalue weighted by molar-refractivity contribution is 0.433. The monoisotopic (exact) mass is 356 g/mol. The Kier molecular flexibility index (Phi) is 5.58. The molecule has 3 aromatic rings. The first-order chi connectivity index (χ1) is 13.3. The van der Waals surface area contributed by atoms with E-state index in [0.717, 1.165) is 18.4 Å². The van der Waals surface area contributed by atoms with Crippen molar-refractivity contribution in [2.45, 2.75) is 50.9 Å². The van der Waals surface area contributed by atoms with Crippen molar-refractivity contribution < 1.29 is 5.11 Å². The highest BCUT2D eigenvalue weighted by molar-refractivity contribution is 5.48. The van der Waals surface area contributed by atoms with Crippen LogP contribution in [0.25, 0.3) is 0 Å². The third-order valence-electron chi connectivity index (χ3n) is 5.84. The van der Waals surface area contributed by atoms with Crippen LogP contribution < -0.4 is 0 Å². The standard InChI is InChI=1S/C26H28O/c27-26-19-22(16-20-10-4-1-5-11-20)18-24(23-14-8-3-9-15-23)25(26)17-21-12-6-2-7-13-21/h1-2,4-7,10-13,18-19,23,27H,3,8-9,14-17H2. The van der Waals surface area contributed by atoms with Crippen molar-refractivity contribution in [1.29, 1.82) is 0 Å². The summed E-state index contributed by atoms with van der Waals surface area (Å²) in [7, 11) is 0. The summed E-state index contributed by atoms with van der Waals surface area (Å²) in [5.74, 6) is 1.05. The summed E-state index contributed by atoms with van der Waals surface area (Å²) < 4.78 is 0. The Morgan fingerprint density at radius 3 is 1.89 bits per heavy atom. The van der Waals surface area contributed by atoms with E-state index in [4.69, 9.17) is 0 Å². The minimum absolute atomic E-state index is 0.466. The minimum atomic E-state index is 0.466. The molecule has 0 spiro atoms. The zero-order valence-corrected chi connectivity index (χ0v) is 15.9. The van der Waals surface area contributed by atoms with Crippen LogP contribution in [0.15, 0.2) is 72.8 Å². The van der Waals surface area contributed by atoms with E-state index in [9.17, 15) is 5.11 Å². The first kappa shape index (κ1) is 17.9. The van der Waals surface area contributed by atoms with Crippen molar-refractivity contribution in [1.82, 2.24) is 0 Å². The Morgan fingerprint density at radius 1 is 0.667 bits per heavy atom. The van der Waals surface area contributed by atoms with Gasteiger partial charge in [0.15, 0.2) is 0 Å². The average molecular weight is 357 g/mol. The largest absolute Gasteiger partial charge is 0.508 e. The highest BCUT2D eigenvalue weighted by atomic mass is 16.3. The van der Waals surface area contributed by atoms with Gasteiger partial charge in [-0.15, -0.1) is 0 Å². The predicted octanol–water partition coefficient (Wildman–Crippen LogP) is 6.62. The Labute approximate surface area is 162 Å². The lowest BCUT2D eigenvalue weighted by atomic mass is 9.79. The minimum Gasteiger partial charge on any atom is -0.508 e. The molecule has 0 unspecified atom stereocenters. The van der Waals surface area contributed by atoms with Crippen molar-refractivity contribution in [2.75, 3.05) is 0 Å². The molecule has 0 aliphatic heterocycles. The molecule has 0 aromatic heterocycles. The summed E-state index contributed by atoms with van der Waals surface area (Å²) in [5.41, 5.74) is 6.29. The van der Waals surface area contributed by atoms with Crippen molar-refractivity contribution in [3.8, 4) is 5.75 Å². The second kappa shape index (κ2) is 8.43. The van der Waals surface area contributed by atoms with E-state index in [2.05, 4.69) is 60.7 Å². The van der Waals surface area contributed by atoms with Crippen LogP contribution in [0.5, 0.6) is 5.75 Å².